The topological polar surface area (TPSA) is 59.1 Å². The Labute approximate surface area is 99.1 Å². The summed E-state index contributed by atoms with van der Waals surface area (Å²) in [4.78, 5) is 26.8. The largest absolute Gasteiger partial charge is 0.302 e. The van der Waals surface area contributed by atoms with Gasteiger partial charge in [-0.2, -0.15) is 0 Å². The summed E-state index contributed by atoms with van der Waals surface area (Å²) in [5.74, 6) is 0.0741. The van der Waals surface area contributed by atoms with Crippen LogP contribution in [0.1, 0.15) is 38.2 Å². The SMILES string of the molecule is CC(=O)c1csc(NC(=O)C(C)C(C)C)n1. The minimum Gasteiger partial charge on any atom is -0.302 e. The monoisotopic (exact) mass is 240 g/mol. The van der Waals surface area contributed by atoms with E-state index in [2.05, 4.69) is 10.3 Å². The Morgan fingerprint density at radius 1 is 1.38 bits per heavy atom. The van der Waals surface area contributed by atoms with Crippen molar-refractivity contribution < 1.29 is 9.59 Å². The molecule has 1 heterocycles. The molecule has 0 aromatic carbocycles. The highest BCUT2D eigenvalue weighted by atomic mass is 32.1. The molecule has 0 spiro atoms. The molecule has 1 aromatic heterocycles. The molecule has 1 atom stereocenters. The molecule has 0 aliphatic carbocycles. The van der Waals surface area contributed by atoms with E-state index in [0.29, 0.717) is 10.8 Å². The van der Waals surface area contributed by atoms with Crippen molar-refractivity contribution in [2.45, 2.75) is 27.7 Å². The zero-order valence-corrected chi connectivity index (χ0v) is 10.7. The van der Waals surface area contributed by atoms with Crippen LogP contribution in [0.5, 0.6) is 0 Å². The third-order valence-electron chi connectivity index (χ3n) is 2.51. The van der Waals surface area contributed by atoms with Crippen molar-refractivity contribution >= 4 is 28.2 Å². The highest BCUT2D eigenvalue weighted by Gasteiger charge is 2.18. The number of ketones is 1. The molecule has 0 aliphatic rings. The van der Waals surface area contributed by atoms with Gasteiger partial charge < -0.3 is 5.32 Å². The molecule has 0 saturated carbocycles. The molecule has 1 N–H and O–H groups in total. The fourth-order valence-electron chi connectivity index (χ4n) is 1.01. The van der Waals surface area contributed by atoms with Crippen molar-refractivity contribution in [3.63, 3.8) is 0 Å². The number of rotatable bonds is 4. The molecule has 1 amide bonds. The van der Waals surface area contributed by atoms with Crippen molar-refractivity contribution in [2.75, 3.05) is 5.32 Å². The maximum Gasteiger partial charge on any atom is 0.229 e. The van der Waals surface area contributed by atoms with Crippen LogP contribution in [0.2, 0.25) is 0 Å². The molecule has 0 saturated heterocycles. The molecule has 4 nitrogen and oxygen atoms in total. The van der Waals surface area contributed by atoms with Crippen molar-refractivity contribution in [1.82, 2.24) is 4.98 Å². The molecular formula is C11H16N2O2S. The number of carbonyl (C=O) groups excluding carboxylic acids is 2. The number of carbonyl (C=O) groups is 2. The van der Waals surface area contributed by atoms with Gasteiger partial charge >= 0.3 is 0 Å². The Morgan fingerprint density at radius 2 is 2.00 bits per heavy atom. The van der Waals surface area contributed by atoms with Gasteiger partial charge in [-0.05, 0) is 5.92 Å². The molecule has 1 aromatic rings. The molecule has 5 heteroatoms. The van der Waals surface area contributed by atoms with Crippen LogP contribution in [0.15, 0.2) is 5.38 Å². The Bertz CT molecular complexity index is 398. The second-order valence-electron chi connectivity index (χ2n) is 4.12. The Morgan fingerprint density at radius 3 is 2.44 bits per heavy atom. The number of thiazole rings is 1. The number of Topliss-reactive ketones (excluding diaryl/α,β-unsaturated/α-hetero) is 1. The number of hydrogen-bond acceptors (Lipinski definition) is 4. The predicted octanol–water partition coefficient (Wildman–Crippen LogP) is 2.58. The summed E-state index contributed by atoms with van der Waals surface area (Å²) >= 11 is 1.27. The first-order valence-electron chi connectivity index (χ1n) is 5.19. The van der Waals surface area contributed by atoms with Gasteiger partial charge in [-0.3, -0.25) is 9.59 Å². The van der Waals surface area contributed by atoms with Gasteiger partial charge in [0.15, 0.2) is 10.9 Å². The zero-order chi connectivity index (χ0) is 12.3. The molecule has 0 fully saturated rings. The third-order valence-corrected chi connectivity index (χ3v) is 3.27. The summed E-state index contributed by atoms with van der Waals surface area (Å²) in [7, 11) is 0. The summed E-state index contributed by atoms with van der Waals surface area (Å²) in [6.45, 7) is 7.32. The maximum absolute atomic E-state index is 11.7. The smallest absolute Gasteiger partial charge is 0.229 e. The van der Waals surface area contributed by atoms with Crippen LogP contribution in [0.25, 0.3) is 0 Å². The summed E-state index contributed by atoms with van der Waals surface area (Å²) in [6, 6.07) is 0. The molecule has 88 valence electrons. The van der Waals surface area contributed by atoms with Crippen molar-refractivity contribution in [1.29, 1.82) is 0 Å². The van der Waals surface area contributed by atoms with Crippen LogP contribution in [0, 0.1) is 11.8 Å². The molecule has 1 unspecified atom stereocenters. The lowest BCUT2D eigenvalue weighted by atomic mass is 9.97. The average Bonchev–Trinajstić information content (AvgIpc) is 2.64. The number of hydrogen-bond donors (Lipinski definition) is 1. The second kappa shape index (κ2) is 5.21. The van der Waals surface area contributed by atoms with E-state index in [4.69, 9.17) is 0 Å². The maximum atomic E-state index is 11.7. The summed E-state index contributed by atoms with van der Waals surface area (Å²) < 4.78 is 0. The molecular weight excluding hydrogens is 224 g/mol. The summed E-state index contributed by atoms with van der Waals surface area (Å²) in [5.41, 5.74) is 0.400. The molecule has 0 radical (unpaired) electrons. The third kappa shape index (κ3) is 3.13. The first-order valence-corrected chi connectivity index (χ1v) is 6.07. The van der Waals surface area contributed by atoms with Gasteiger partial charge in [0.2, 0.25) is 5.91 Å². The molecule has 0 aliphatic heterocycles. The van der Waals surface area contributed by atoms with Gasteiger partial charge in [0, 0.05) is 18.2 Å². The van der Waals surface area contributed by atoms with Crippen molar-refractivity contribution in [3.05, 3.63) is 11.1 Å². The van der Waals surface area contributed by atoms with Crippen LogP contribution < -0.4 is 5.32 Å². The van der Waals surface area contributed by atoms with Crippen LogP contribution in [0.4, 0.5) is 5.13 Å². The minimum absolute atomic E-state index is 0.0561. The van der Waals surface area contributed by atoms with Crippen LogP contribution in [-0.4, -0.2) is 16.7 Å². The lowest BCUT2D eigenvalue weighted by Gasteiger charge is -2.13. The fraction of sp³-hybridized carbons (Fsp3) is 0.545. The van der Waals surface area contributed by atoms with E-state index in [-0.39, 0.29) is 23.5 Å². The first kappa shape index (κ1) is 12.8. The predicted molar refractivity (Wildman–Crippen MR) is 64.8 cm³/mol. The lowest BCUT2D eigenvalue weighted by molar-refractivity contribution is -0.120. The van der Waals surface area contributed by atoms with Gasteiger partial charge in [-0.1, -0.05) is 20.8 Å². The first-order chi connectivity index (χ1) is 7.41. The number of nitrogens with zero attached hydrogens (tertiary/aromatic N) is 1. The zero-order valence-electron chi connectivity index (χ0n) is 9.90. The van der Waals surface area contributed by atoms with Crippen molar-refractivity contribution in [3.8, 4) is 0 Å². The van der Waals surface area contributed by atoms with E-state index < -0.39 is 0 Å². The lowest BCUT2D eigenvalue weighted by Crippen LogP contribution is -2.24. The molecule has 16 heavy (non-hydrogen) atoms. The van der Waals surface area contributed by atoms with E-state index in [1.54, 1.807) is 5.38 Å². The standard InChI is InChI=1S/C11H16N2O2S/c1-6(2)7(3)10(15)13-11-12-9(5-16-11)8(4)14/h5-7H,1-4H3,(H,12,13,15). The van der Waals surface area contributed by atoms with Gasteiger partial charge in [0.25, 0.3) is 0 Å². The van der Waals surface area contributed by atoms with E-state index in [1.165, 1.54) is 18.3 Å². The summed E-state index contributed by atoms with van der Waals surface area (Å²) in [6.07, 6.45) is 0. The number of nitrogens with one attached hydrogen (secondary N) is 1. The highest BCUT2D eigenvalue weighted by molar-refractivity contribution is 7.14. The Kier molecular flexibility index (Phi) is 4.18. The average molecular weight is 240 g/mol. The molecule has 1 rings (SSSR count). The van der Waals surface area contributed by atoms with Crippen LogP contribution in [0.3, 0.4) is 0 Å². The highest BCUT2D eigenvalue weighted by Crippen LogP contribution is 2.18. The fourth-order valence-corrected chi connectivity index (χ4v) is 1.77. The van der Waals surface area contributed by atoms with E-state index in [9.17, 15) is 9.59 Å². The van der Waals surface area contributed by atoms with E-state index in [0.717, 1.165) is 0 Å². The Balaban J connectivity index is 2.66. The number of anilines is 1. The number of amides is 1. The van der Waals surface area contributed by atoms with Gasteiger partial charge in [0.1, 0.15) is 5.69 Å². The van der Waals surface area contributed by atoms with Gasteiger partial charge in [-0.15, -0.1) is 11.3 Å². The van der Waals surface area contributed by atoms with Crippen LogP contribution in [-0.2, 0) is 4.79 Å². The van der Waals surface area contributed by atoms with Gasteiger partial charge in [-0.25, -0.2) is 4.98 Å². The number of aromatic nitrogens is 1. The second-order valence-corrected chi connectivity index (χ2v) is 4.97. The molecule has 0 bridgehead atoms. The normalized spacial score (nSPS) is 12.6. The van der Waals surface area contributed by atoms with Crippen molar-refractivity contribution in [2.24, 2.45) is 11.8 Å². The Hall–Kier alpha value is -1.23. The van der Waals surface area contributed by atoms with E-state index >= 15 is 0 Å². The van der Waals surface area contributed by atoms with Crippen LogP contribution >= 0.6 is 11.3 Å². The summed E-state index contributed by atoms with van der Waals surface area (Å²) in [5, 5.41) is 4.85. The van der Waals surface area contributed by atoms with E-state index in [1.807, 2.05) is 20.8 Å². The minimum atomic E-state index is -0.0892. The van der Waals surface area contributed by atoms with Gasteiger partial charge in [0.05, 0.1) is 0 Å². The quantitative estimate of drug-likeness (QED) is 0.823.